The number of hydrogen-bond acceptors (Lipinski definition) is 4. The van der Waals surface area contributed by atoms with Crippen molar-refractivity contribution in [3.05, 3.63) is 52.0 Å². The Morgan fingerprint density at radius 2 is 2.25 bits per heavy atom. The highest BCUT2D eigenvalue weighted by molar-refractivity contribution is 7.09. The molecule has 0 fully saturated rings. The second-order valence-electron chi connectivity index (χ2n) is 5.36. The average Bonchev–Trinajstić information content (AvgIpc) is 3.11. The highest BCUT2D eigenvalue weighted by atomic mass is 32.1. The summed E-state index contributed by atoms with van der Waals surface area (Å²) in [5, 5.41) is 5.66. The van der Waals surface area contributed by atoms with Crippen LogP contribution in [0.15, 0.2) is 29.7 Å². The first-order chi connectivity index (χ1) is 11.5. The number of carbonyl (C=O) groups is 1. The van der Waals surface area contributed by atoms with Crippen molar-refractivity contribution in [2.24, 2.45) is 7.05 Å². The van der Waals surface area contributed by atoms with Gasteiger partial charge in [-0.3, -0.25) is 4.79 Å². The molecular formula is C17H17FN4OS. The molecule has 1 aromatic carbocycles. The molecule has 0 atom stereocenters. The van der Waals surface area contributed by atoms with Gasteiger partial charge in [-0.1, -0.05) is 6.07 Å². The number of thiazole rings is 1. The van der Waals surface area contributed by atoms with Gasteiger partial charge in [0.1, 0.15) is 11.3 Å². The van der Waals surface area contributed by atoms with E-state index in [0.29, 0.717) is 18.5 Å². The van der Waals surface area contributed by atoms with Crippen LogP contribution in [0, 0.1) is 12.7 Å². The number of hydrogen-bond donors (Lipinski definition) is 1. The molecule has 2 heterocycles. The van der Waals surface area contributed by atoms with E-state index >= 15 is 0 Å². The van der Waals surface area contributed by atoms with E-state index in [9.17, 15) is 9.18 Å². The van der Waals surface area contributed by atoms with Crippen molar-refractivity contribution < 1.29 is 9.18 Å². The molecule has 0 unspecified atom stereocenters. The molecule has 7 heteroatoms. The van der Waals surface area contributed by atoms with Gasteiger partial charge in [0.25, 0.3) is 0 Å². The van der Waals surface area contributed by atoms with Gasteiger partial charge in [-0.05, 0) is 25.1 Å². The van der Waals surface area contributed by atoms with Gasteiger partial charge in [0, 0.05) is 31.5 Å². The lowest BCUT2D eigenvalue weighted by Crippen LogP contribution is -2.24. The van der Waals surface area contributed by atoms with Crippen molar-refractivity contribution in [3.8, 4) is 0 Å². The molecule has 124 valence electrons. The number of rotatable bonds is 5. The molecule has 0 aliphatic carbocycles. The number of carbonyl (C=O) groups excluding carboxylic acids is 1. The second kappa shape index (κ2) is 6.92. The Morgan fingerprint density at radius 3 is 2.96 bits per heavy atom. The molecule has 0 radical (unpaired) electrons. The summed E-state index contributed by atoms with van der Waals surface area (Å²) in [7, 11) is 1.84. The van der Waals surface area contributed by atoms with Crippen molar-refractivity contribution in [3.63, 3.8) is 0 Å². The molecule has 0 aliphatic rings. The Bertz CT molecular complexity index is 913. The standard InChI is InChI=1S/C17H17FN4OS/c1-11-20-12(10-24-11)6-7-16(23)19-9-8-15-21-17-13(18)4-3-5-14(17)22(15)2/h3-7,10H,8-9H2,1-2H3,(H,19,23)/b7-6+. The monoisotopic (exact) mass is 344 g/mol. The first kappa shape index (κ1) is 16.3. The van der Waals surface area contributed by atoms with Crippen molar-refractivity contribution in [2.75, 3.05) is 6.54 Å². The number of nitrogens with zero attached hydrogens (tertiary/aromatic N) is 3. The fraction of sp³-hybridized carbons (Fsp3) is 0.235. The molecule has 5 nitrogen and oxygen atoms in total. The van der Waals surface area contributed by atoms with Crippen LogP contribution in [0.5, 0.6) is 0 Å². The Morgan fingerprint density at radius 1 is 1.42 bits per heavy atom. The maximum atomic E-state index is 13.7. The number of para-hydroxylation sites is 1. The van der Waals surface area contributed by atoms with Crippen LogP contribution < -0.4 is 5.32 Å². The summed E-state index contributed by atoms with van der Waals surface area (Å²) in [5.74, 6) is 0.208. The normalized spacial score (nSPS) is 11.5. The van der Waals surface area contributed by atoms with E-state index in [1.54, 1.807) is 23.5 Å². The lowest BCUT2D eigenvalue weighted by atomic mass is 10.3. The smallest absolute Gasteiger partial charge is 0.244 e. The number of fused-ring (bicyclic) bond motifs is 1. The number of aryl methyl sites for hydroxylation is 2. The van der Waals surface area contributed by atoms with Crippen molar-refractivity contribution >= 4 is 34.4 Å². The number of aromatic nitrogens is 3. The summed E-state index contributed by atoms with van der Waals surface area (Å²) in [6.07, 6.45) is 3.67. The van der Waals surface area contributed by atoms with E-state index in [2.05, 4.69) is 15.3 Å². The van der Waals surface area contributed by atoms with Gasteiger partial charge in [0.2, 0.25) is 5.91 Å². The third-order valence-electron chi connectivity index (χ3n) is 3.64. The Balaban J connectivity index is 1.58. The summed E-state index contributed by atoms with van der Waals surface area (Å²) in [4.78, 5) is 20.4. The molecule has 0 saturated carbocycles. The van der Waals surface area contributed by atoms with Crippen LogP contribution >= 0.6 is 11.3 Å². The Labute approximate surface area is 142 Å². The molecule has 0 bridgehead atoms. The van der Waals surface area contributed by atoms with E-state index < -0.39 is 0 Å². The first-order valence-corrected chi connectivity index (χ1v) is 8.40. The second-order valence-corrected chi connectivity index (χ2v) is 6.42. The van der Waals surface area contributed by atoms with Gasteiger partial charge in [0.15, 0.2) is 5.82 Å². The van der Waals surface area contributed by atoms with E-state index in [-0.39, 0.29) is 11.7 Å². The van der Waals surface area contributed by atoms with E-state index in [4.69, 9.17) is 0 Å². The third-order valence-corrected chi connectivity index (χ3v) is 4.44. The van der Waals surface area contributed by atoms with E-state index in [0.717, 1.165) is 22.0 Å². The highest BCUT2D eigenvalue weighted by Crippen LogP contribution is 2.18. The van der Waals surface area contributed by atoms with Crippen LogP contribution in [-0.2, 0) is 18.3 Å². The number of amides is 1. The third kappa shape index (κ3) is 3.51. The number of imidazole rings is 1. The fourth-order valence-corrected chi connectivity index (χ4v) is 3.01. The zero-order valence-electron chi connectivity index (χ0n) is 13.4. The highest BCUT2D eigenvalue weighted by Gasteiger charge is 2.10. The Hall–Kier alpha value is -2.54. The average molecular weight is 344 g/mol. The predicted molar refractivity (Wildman–Crippen MR) is 93.3 cm³/mol. The van der Waals surface area contributed by atoms with Crippen molar-refractivity contribution in [1.29, 1.82) is 0 Å². The van der Waals surface area contributed by atoms with Gasteiger partial charge in [0.05, 0.1) is 16.2 Å². The predicted octanol–water partition coefficient (Wildman–Crippen LogP) is 2.85. The molecule has 0 spiro atoms. The quantitative estimate of drug-likeness (QED) is 0.724. The van der Waals surface area contributed by atoms with Crippen LogP contribution in [0.3, 0.4) is 0 Å². The van der Waals surface area contributed by atoms with Gasteiger partial charge >= 0.3 is 0 Å². The maximum absolute atomic E-state index is 13.7. The molecule has 1 amide bonds. The minimum absolute atomic E-state index is 0.189. The van der Waals surface area contributed by atoms with Crippen LogP contribution in [0.2, 0.25) is 0 Å². The molecule has 1 N–H and O–H groups in total. The lowest BCUT2D eigenvalue weighted by molar-refractivity contribution is -0.116. The fourth-order valence-electron chi connectivity index (χ4n) is 2.43. The Kier molecular flexibility index (Phi) is 4.71. The SMILES string of the molecule is Cc1nc(/C=C/C(=O)NCCc2nc3c(F)cccc3n2C)cs1. The molecule has 0 saturated heterocycles. The number of benzene rings is 1. The van der Waals surface area contributed by atoms with E-state index in [1.165, 1.54) is 12.1 Å². The zero-order valence-corrected chi connectivity index (χ0v) is 14.2. The van der Waals surface area contributed by atoms with Gasteiger partial charge in [-0.15, -0.1) is 11.3 Å². The molecule has 3 aromatic rings. The minimum Gasteiger partial charge on any atom is -0.352 e. The largest absolute Gasteiger partial charge is 0.352 e. The maximum Gasteiger partial charge on any atom is 0.244 e. The van der Waals surface area contributed by atoms with Crippen LogP contribution in [0.1, 0.15) is 16.5 Å². The number of nitrogens with one attached hydrogen (secondary N) is 1. The van der Waals surface area contributed by atoms with Crippen LogP contribution in [0.4, 0.5) is 4.39 Å². The first-order valence-electron chi connectivity index (χ1n) is 7.52. The molecule has 24 heavy (non-hydrogen) atoms. The van der Waals surface area contributed by atoms with Crippen molar-refractivity contribution in [2.45, 2.75) is 13.3 Å². The van der Waals surface area contributed by atoms with Crippen LogP contribution in [-0.4, -0.2) is 27.0 Å². The number of halogens is 1. The summed E-state index contributed by atoms with van der Waals surface area (Å²) >= 11 is 1.54. The van der Waals surface area contributed by atoms with Gasteiger partial charge in [-0.2, -0.15) is 0 Å². The molecule has 3 rings (SSSR count). The van der Waals surface area contributed by atoms with Crippen LogP contribution in [0.25, 0.3) is 17.1 Å². The lowest BCUT2D eigenvalue weighted by Gasteiger charge is -2.03. The summed E-state index contributed by atoms with van der Waals surface area (Å²) in [6, 6.07) is 4.88. The summed E-state index contributed by atoms with van der Waals surface area (Å²) in [6.45, 7) is 2.35. The van der Waals surface area contributed by atoms with E-state index in [1.807, 2.05) is 30.0 Å². The van der Waals surface area contributed by atoms with Crippen molar-refractivity contribution in [1.82, 2.24) is 19.9 Å². The molecule has 0 aliphatic heterocycles. The zero-order chi connectivity index (χ0) is 17.1. The summed E-state index contributed by atoms with van der Waals surface area (Å²) in [5.41, 5.74) is 1.88. The minimum atomic E-state index is -0.333. The van der Waals surface area contributed by atoms with Gasteiger partial charge < -0.3 is 9.88 Å². The topological polar surface area (TPSA) is 59.8 Å². The summed E-state index contributed by atoms with van der Waals surface area (Å²) < 4.78 is 15.6. The molecule has 2 aromatic heterocycles. The molecular weight excluding hydrogens is 327 g/mol. The van der Waals surface area contributed by atoms with Gasteiger partial charge in [-0.25, -0.2) is 14.4 Å².